The summed E-state index contributed by atoms with van der Waals surface area (Å²) in [5, 5.41) is 8.14. The molecule has 1 amide bonds. The van der Waals surface area contributed by atoms with Crippen LogP contribution < -0.4 is 9.47 Å². The first kappa shape index (κ1) is 18.8. The highest BCUT2D eigenvalue weighted by Gasteiger charge is 2.26. The van der Waals surface area contributed by atoms with Crippen molar-refractivity contribution in [3.8, 4) is 11.5 Å². The van der Waals surface area contributed by atoms with Gasteiger partial charge >= 0.3 is 6.09 Å². The van der Waals surface area contributed by atoms with Crippen molar-refractivity contribution in [1.29, 1.82) is 5.41 Å². The number of likely N-dealkylation sites (tertiary alicyclic amines) is 1. The van der Waals surface area contributed by atoms with Crippen LogP contribution in [-0.2, 0) is 4.74 Å². The molecule has 0 unspecified atom stereocenters. The number of ether oxygens (including phenoxy) is 3. The second kappa shape index (κ2) is 8.50. The maximum atomic E-state index is 12.5. The maximum Gasteiger partial charge on any atom is 0.409 e. The summed E-state index contributed by atoms with van der Waals surface area (Å²) in [5.41, 5.74) is 0.485. The Morgan fingerprint density at radius 2 is 1.76 bits per heavy atom. The van der Waals surface area contributed by atoms with Gasteiger partial charge in [0.25, 0.3) is 0 Å². The number of hydrogen-bond donors (Lipinski definition) is 1. The maximum absolute atomic E-state index is 12.5. The van der Waals surface area contributed by atoms with Gasteiger partial charge < -0.3 is 24.5 Å². The van der Waals surface area contributed by atoms with Gasteiger partial charge in [-0.1, -0.05) is 0 Å². The number of nitrogens with zero attached hydrogens (tertiary/aromatic N) is 1. The number of benzene rings is 1. The summed E-state index contributed by atoms with van der Waals surface area (Å²) in [6.45, 7) is 1.18. The number of ketones is 1. The number of carbonyl (C=O) groups is 2. The van der Waals surface area contributed by atoms with Crippen molar-refractivity contribution in [2.45, 2.75) is 19.3 Å². The molecule has 0 saturated carbocycles. The van der Waals surface area contributed by atoms with Crippen molar-refractivity contribution in [3.05, 3.63) is 23.8 Å². The fraction of sp³-hybridized carbons (Fsp3) is 0.500. The van der Waals surface area contributed by atoms with Crippen molar-refractivity contribution in [2.75, 3.05) is 34.4 Å². The average Bonchev–Trinajstić information content (AvgIpc) is 2.66. The van der Waals surface area contributed by atoms with Crippen molar-refractivity contribution in [2.24, 2.45) is 5.92 Å². The standard InChI is InChI=1S/C18H24N2O5/c1-23-15-5-4-13(11-16(15)24-2)17(21)14(19)10-12-6-8-20(9-7-12)18(22)25-3/h4-5,11-12,19H,6-10H2,1-3H3. The first-order valence-electron chi connectivity index (χ1n) is 8.17. The van der Waals surface area contributed by atoms with Crippen LogP contribution in [0.1, 0.15) is 29.6 Å². The highest BCUT2D eigenvalue weighted by Crippen LogP contribution is 2.28. The molecule has 136 valence electrons. The molecule has 1 saturated heterocycles. The Morgan fingerprint density at radius 1 is 1.12 bits per heavy atom. The normalized spacial score (nSPS) is 14.8. The second-order valence-corrected chi connectivity index (χ2v) is 5.98. The van der Waals surface area contributed by atoms with Gasteiger partial charge in [-0.15, -0.1) is 0 Å². The largest absolute Gasteiger partial charge is 0.493 e. The summed E-state index contributed by atoms with van der Waals surface area (Å²) in [5.74, 6) is 0.919. The lowest BCUT2D eigenvalue weighted by atomic mass is 9.89. The summed E-state index contributed by atoms with van der Waals surface area (Å²) in [6, 6.07) is 4.89. The Balaban J connectivity index is 1.95. The molecule has 0 bridgehead atoms. The third kappa shape index (κ3) is 4.49. The highest BCUT2D eigenvalue weighted by atomic mass is 16.5. The van der Waals surface area contributed by atoms with Crippen LogP contribution in [0.2, 0.25) is 0 Å². The van der Waals surface area contributed by atoms with Crippen molar-refractivity contribution < 1.29 is 23.8 Å². The van der Waals surface area contributed by atoms with Crippen LogP contribution in [0, 0.1) is 11.3 Å². The van der Waals surface area contributed by atoms with E-state index >= 15 is 0 Å². The highest BCUT2D eigenvalue weighted by molar-refractivity contribution is 6.45. The summed E-state index contributed by atoms with van der Waals surface area (Å²) in [4.78, 5) is 25.6. The van der Waals surface area contributed by atoms with E-state index in [1.54, 1.807) is 23.1 Å². The quantitative estimate of drug-likeness (QED) is 0.631. The number of piperidine rings is 1. The number of hydrogen-bond acceptors (Lipinski definition) is 6. The zero-order chi connectivity index (χ0) is 18.4. The average molecular weight is 348 g/mol. The minimum absolute atomic E-state index is 0.0729. The molecule has 1 aromatic rings. The molecule has 0 aromatic heterocycles. The Morgan fingerprint density at radius 3 is 2.32 bits per heavy atom. The number of rotatable bonds is 6. The zero-order valence-corrected chi connectivity index (χ0v) is 14.8. The van der Waals surface area contributed by atoms with Crippen molar-refractivity contribution >= 4 is 17.6 Å². The zero-order valence-electron chi connectivity index (χ0n) is 14.8. The Kier molecular flexibility index (Phi) is 6.38. The lowest BCUT2D eigenvalue weighted by molar-refractivity contribution is 0.103. The van der Waals surface area contributed by atoms with E-state index in [0.717, 1.165) is 12.8 Å². The Labute approximate surface area is 147 Å². The van der Waals surface area contributed by atoms with E-state index in [-0.39, 0.29) is 23.5 Å². The Hall–Kier alpha value is -2.57. The van der Waals surface area contributed by atoms with Gasteiger partial charge in [-0.3, -0.25) is 4.79 Å². The summed E-state index contributed by atoms with van der Waals surface area (Å²) in [6.07, 6.45) is 1.60. The molecular formula is C18H24N2O5. The van der Waals surface area contributed by atoms with E-state index in [9.17, 15) is 9.59 Å². The molecule has 0 spiro atoms. The summed E-state index contributed by atoms with van der Waals surface area (Å²) >= 11 is 0. The molecule has 7 heteroatoms. The molecule has 2 rings (SSSR count). The molecule has 1 aliphatic heterocycles. The predicted molar refractivity (Wildman–Crippen MR) is 92.9 cm³/mol. The van der Waals surface area contributed by atoms with Crippen molar-refractivity contribution in [3.63, 3.8) is 0 Å². The molecule has 7 nitrogen and oxygen atoms in total. The second-order valence-electron chi connectivity index (χ2n) is 5.98. The van der Waals surface area contributed by atoms with Gasteiger partial charge in [0, 0.05) is 18.7 Å². The molecule has 1 aromatic carbocycles. The topological polar surface area (TPSA) is 88.9 Å². The van der Waals surface area contributed by atoms with Crippen LogP contribution in [0.5, 0.6) is 11.5 Å². The molecule has 1 aliphatic rings. The lowest BCUT2D eigenvalue weighted by Crippen LogP contribution is -2.39. The molecule has 1 N–H and O–H groups in total. The molecule has 0 atom stereocenters. The van der Waals surface area contributed by atoms with Crippen molar-refractivity contribution in [1.82, 2.24) is 4.90 Å². The van der Waals surface area contributed by atoms with E-state index in [2.05, 4.69) is 0 Å². The van der Waals surface area contributed by atoms with Crippen LogP contribution in [-0.4, -0.2) is 56.9 Å². The van der Waals surface area contributed by atoms with Gasteiger partial charge in [0.05, 0.1) is 27.0 Å². The third-order valence-electron chi connectivity index (χ3n) is 4.46. The first-order chi connectivity index (χ1) is 12.0. The molecule has 0 radical (unpaired) electrons. The summed E-state index contributed by atoms with van der Waals surface area (Å²) in [7, 11) is 4.40. The minimum atomic E-state index is -0.324. The van der Waals surface area contributed by atoms with Gasteiger partial charge in [-0.05, 0) is 43.4 Å². The molecule has 0 aliphatic carbocycles. The van der Waals surface area contributed by atoms with Gasteiger partial charge in [0.1, 0.15) is 0 Å². The third-order valence-corrected chi connectivity index (χ3v) is 4.46. The fourth-order valence-electron chi connectivity index (χ4n) is 2.98. The minimum Gasteiger partial charge on any atom is -0.493 e. The Bertz CT molecular complexity index is 651. The fourth-order valence-corrected chi connectivity index (χ4v) is 2.98. The number of amides is 1. The monoisotopic (exact) mass is 348 g/mol. The molecule has 1 heterocycles. The molecule has 1 fully saturated rings. The van der Waals surface area contributed by atoms with E-state index in [1.807, 2.05) is 0 Å². The van der Waals surface area contributed by atoms with Gasteiger partial charge in [-0.25, -0.2) is 4.79 Å². The van der Waals surface area contributed by atoms with Crippen LogP contribution in [0.3, 0.4) is 0 Å². The number of methoxy groups -OCH3 is 3. The number of carbonyl (C=O) groups excluding carboxylic acids is 2. The van der Waals surface area contributed by atoms with Crippen LogP contribution in [0.15, 0.2) is 18.2 Å². The molecular weight excluding hydrogens is 324 g/mol. The smallest absolute Gasteiger partial charge is 0.409 e. The number of Topliss-reactive ketones (excluding diaryl/α,β-unsaturated/α-hetero) is 1. The van der Waals surface area contributed by atoms with Gasteiger partial charge in [0.2, 0.25) is 5.78 Å². The van der Waals surface area contributed by atoms with Gasteiger partial charge in [0.15, 0.2) is 11.5 Å². The van der Waals surface area contributed by atoms with E-state index < -0.39 is 0 Å². The van der Waals surface area contributed by atoms with E-state index in [1.165, 1.54) is 21.3 Å². The van der Waals surface area contributed by atoms with Crippen LogP contribution >= 0.6 is 0 Å². The predicted octanol–water partition coefficient (Wildman–Crippen LogP) is 2.77. The first-order valence-corrected chi connectivity index (χ1v) is 8.17. The summed E-state index contributed by atoms with van der Waals surface area (Å²) < 4.78 is 15.1. The van der Waals surface area contributed by atoms with E-state index in [0.29, 0.717) is 36.6 Å². The van der Waals surface area contributed by atoms with E-state index in [4.69, 9.17) is 19.6 Å². The van der Waals surface area contributed by atoms with Gasteiger partial charge in [-0.2, -0.15) is 0 Å². The lowest BCUT2D eigenvalue weighted by Gasteiger charge is -2.30. The van der Waals surface area contributed by atoms with Crippen LogP contribution in [0.25, 0.3) is 0 Å². The van der Waals surface area contributed by atoms with Crippen LogP contribution in [0.4, 0.5) is 4.79 Å². The number of nitrogens with one attached hydrogen (secondary N) is 1. The molecule has 25 heavy (non-hydrogen) atoms. The SMILES string of the molecule is COC(=O)N1CCC(CC(=N)C(=O)c2ccc(OC)c(OC)c2)CC1.